The van der Waals surface area contributed by atoms with Gasteiger partial charge >= 0.3 is 0 Å². The van der Waals surface area contributed by atoms with E-state index in [1.165, 1.54) is 19.8 Å². The first kappa shape index (κ1) is 17.8. The van der Waals surface area contributed by atoms with Crippen LogP contribution in [-0.2, 0) is 0 Å². The summed E-state index contributed by atoms with van der Waals surface area (Å²) in [5.74, 6) is 0.998. The maximum atomic E-state index is 11.9. The molecule has 3 atom stereocenters. The largest absolute Gasteiger partial charge is 0.493 e. The van der Waals surface area contributed by atoms with Gasteiger partial charge in [-0.05, 0) is 31.5 Å². The summed E-state index contributed by atoms with van der Waals surface area (Å²) in [6, 6.07) is 1.87. The Labute approximate surface area is 148 Å². The highest BCUT2D eigenvalue weighted by molar-refractivity contribution is 5.85. The van der Waals surface area contributed by atoms with E-state index in [9.17, 15) is 9.90 Å². The van der Waals surface area contributed by atoms with E-state index in [4.69, 9.17) is 14.2 Å². The van der Waals surface area contributed by atoms with Gasteiger partial charge in [-0.25, -0.2) is 0 Å². The number of carbonyl (C=O) groups is 1. The molecule has 1 N–H and O–H groups in total. The zero-order valence-electron chi connectivity index (χ0n) is 15.1. The molecule has 0 saturated carbocycles. The number of hydrogen-bond acceptors (Lipinski definition) is 6. The van der Waals surface area contributed by atoms with Crippen molar-refractivity contribution in [2.24, 2.45) is 0 Å². The van der Waals surface area contributed by atoms with E-state index >= 15 is 0 Å². The van der Waals surface area contributed by atoms with Gasteiger partial charge in [0.1, 0.15) is 0 Å². The van der Waals surface area contributed by atoms with Crippen LogP contribution in [0.3, 0.4) is 0 Å². The van der Waals surface area contributed by atoms with Gasteiger partial charge in [0.25, 0.3) is 0 Å². The van der Waals surface area contributed by atoms with Crippen LogP contribution in [0.15, 0.2) is 17.7 Å². The average molecular weight is 347 g/mol. The lowest BCUT2D eigenvalue weighted by Crippen LogP contribution is -2.41. The summed E-state index contributed by atoms with van der Waals surface area (Å²) in [5, 5.41) is 10.8. The molecule has 0 bridgehead atoms. The van der Waals surface area contributed by atoms with Gasteiger partial charge in [-0.1, -0.05) is 11.6 Å². The molecule has 0 radical (unpaired) electrons. The van der Waals surface area contributed by atoms with Gasteiger partial charge in [0.2, 0.25) is 5.75 Å². The summed E-state index contributed by atoms with van der Waals surface area (Å²) < 4.78 is 16.3. The minimum Gasteiger partial charge on any atom is -0.493 e. The Kier molecular flexibility index (Phi) is 5.01. The van der Waals surface area contributed by atoms with Crippen LogP contribution in [0.4, 0.5) is 0 Å². The molecule has 2 aliphatic rings. The molecule has 3 unspecified atom stereocenters. The average Bonchev–Trinajstić information content (AvgIpc) is 3.00. The van der Waals surface area contributed by atoms with Crippen LogP contribution in [0.2, 0.25) is 0 Å². The fourth-order valence-electron chi connectivity index (χ4n) is 4.20. The molecule has 1 saturated heterocycles. The van der Waals surface area contributed by atoms with Gasteiger partial charge in [-0.15, -0.1) is 0 Å². The number of aldehydes is 1. The van der Waals surface area contributed by atoms with Gasteiger partial charge in [0.05, 0.1) is 33.0 Å². The first-order valence-corrected chi connectivity index (χ1v) is 8.42. The van der Waals surface area contributed by atoms with Crippen molar-refractivity contribution in [3.63, 3.8) is 0 Å². The van der Waals surface area contributed by atoms with Crippen LogP contribution in [0.25, 0.3) is 0 Å². The van der Waals surface area contributed by atoms with Crippen molar-refractivity contribution in [3.05, 3.63) is 28.8 Å². The Morgan fingerprint density at radius 3 is 2.52 bits per heavy atom. The number of carbonyl (C=O) groups excluding carboxylic acids is 1. The predicted molar refractivity (Wildman–Crippen MR) is 94.0 cm³/mol. The number of likely N-dealkylation sites (N-methyl/N-ethyl adjacent to an activating group) is 1. The highest BCUT2D eigenvalue weighted by atomic mass is 16.5. The second-order valence-corrected chi connectivity index (χ2v) is 6.55. The molecule has 136 valence electrons. The molecule has 1 fully saturated rings. The Morgan fingerprint density at radius 2 is 1.92 bits per heavy atom. The SMILES string of the molecule is COc1cc(C2C(O)CC=C3CCN(C)C32)c(C=O)c(OC)c1OC. The van der Waals surface area contributed by atoms with Crippen molar-refractivity contribution < 1.29 is 24.1 Å². The van der Waals surface area contributed by atoms with E-state index in [0.29, 0.717) is 29.2 Å². The minimum absolute atomic E-state index is 0.0743. The number of aliphatic hydroxyl groups is 1. The zero-order chi connectivity index (χ0) is 18.1. The molecule has 1 heterocycles. The summed E-state index contributed by atoms with van der Waals surface area (Å²) in [7, 11) is 6.61. The van der Waals surface area contributed by atoms with Crippen molar-refractivity contribution in [1.29, 1.82) is 0 Å². The Bertz CT molecular complexity index is 700. The van der Waals surface area contributed by atoms with E-state index in [2.05, 4.69) is 18.0 Å². The monoisotopic (exact) mass is 347 g/mol. The lowest BCUT2D eigenvalue weighted by molar-refractivity contribution is 0.102. The number of ether oxygens (including phenoxy) is 3. The lowest BCUT2D eigenvalue weighted by Gasteiger charge is -2.37. The Morgan fingerprint density at radius 1 is 1.20 bits per heavy atom. The Hall–Kier alpha value is -2.05. The summed E-state index contributed by atoms with van der Waals surface area (Å²) in [6.07, 6.45) is 3.91. The number of nitrogens with zero attached hydrogens (tertiary/aromatic N) is 1. The summed E-state index contributed by atoms with van der Waals surface area (Å²) in [5.41, 5.74) is 2.47. The predicted octanol–water partition coefficient (Wildman–Crippen LogP) is 2.00. The number of hydrogen-bond donors (Lipinski definition) is 1. The van der Waals surface area contributed by atoms with E-state index in [-0.39, 0.29) is 12.0 Å². The van der Waals surface area contributed by atoms with E-state index in [1.807, 2.05) is 0 Å². The van der Waals surface area contributed by atoms with E-state index in [1.54, 1.807) is 13.2 Å². The molecule has 0 aromatic heterocycles. The quantitative estimate of drug-likeness (QED) is 0.649. The molecule has 25 heavy (non-hydrogen) atoms. The van der Waals surface area contributed by atoms with Gasteiger partial charge in [-0.3, -0.25) is 9.69 Å². The number of fused-ring (bicyclic) bond motifs is 1. The standard InChI is InChI=1S/C19H25NO5/c1-20-8-7-11-5-6-14(22)16(17(11)20)12-9-15(23-2)19(25-4)18(24-3)13(12)10-21/h5,9-10,14,16-17,22H,6-8H2,1-4H3. The summed E-state index contributed by atoms with van der Waals surface area (Å²) >= 11 is 0. The van der Waals surface area contributed by atoms with Gasteiger partial charge in [0.15, 0.2) is 17.8 Å². The summed E-state index contributed by atoms with van der Waals surface area (Å²) in [4.78, 5) is 14.1. The molecular formula is C19H25NO5. The maximum absolute atomic E-state index is 11.9. The minimum atomic E-state index is -0.573. The molecule has 6 heteroatoms. The molecule has 1 aromatic carbocycles. The number of benzene rings is 1. The first-order chi connectivity index (χ1) is 12.1. The second-order valence-electron chi connectivity index (χ2n) is 6.55. The molecule has 6 nitrogen and oxygen atoms in total. The first-order valence-electron chi connectivity index (χ1n) is 8.42. The van der Waals surface area contributed by atoms with Gasteiger partial charge in [-0.2, -0.15) is 0 Å². The fourth-order valence-corrected chi connectivity index (χ4v) is 4.20. The molecule has 1 aromatic rings. The number of likely N-dealkylation sites (tertiary alicyclic amines) is 1. The molecule has 1 aliphatic carbocycles. The second kappa shape index (κ2) is 7.06. The van der Waals surface area contributed by atoms with Crippen molar-refractivity contribution in [2.75, 3.05) is 34.9 Å². The number of methoxy groups -OCH3 is 3. The van der Waals surface area contributed by atoms with Gasteiger partial charge in [0, 0.05) is 18.5 Å². The van der Waals surface area contributed by atoms with Gasteiger partial charge < -0.3 is 19.3 Å². The van der Waals surface area contributed by atoms with Crippen molar-refractivity contribution in [2.45, 2.75) is 30.9 Å². The fraction of sp³-hybridized carbons (Fsp3) is 0.526. The molecule has 0 amide bonds. The van der Waals surface area contributed by atoms with Crippen LogP contribution in [0.5, 0.6) is 17.2 Å². The van der Waals surface area contributed by atoms with E-state index < -0.39 is 6.10 Å². The third kappa shape index (κ3) is 2.79. The zero-order valence-corrected chi connectivity index (χ0v) is 15.1. The molecule has 1 aliphatic heterocycles. The normalized spacial score (nSPS) is 26.0. The third-order valence-corrected chi connectivity index (χ3v) is 5.36. The highest BCUT2D eigenvalue weighted by Crippen LogP contribution is 2.48. The lowest BCUT2D eigenvalue weighted by atomic mass is 9.76. The van der Waals surface area contributed by atoms with Crippen molar-refractivity contribution in [3.8, 4) is 17.2 Å². The van der Waals surface area contributed by atoms with Crippen LogP contribution in [0.1, 0.15) is 34.7 Å². The maximum Gasteiger partial charge on any atom is 0.204 e. The van der Waals surface area contributed by atoms with Crippen LogP contribution < -0.4 is 14.2 Å². The number of aliphatic hydroxyl groups excluding tert-OH is 1. The van der Waals surface area contributed by atoms with Crippen molar-refractivity contribution in [1.82, 2.24) is 4.90 Å². The van der Waals surface area contributed by atoms with Crippen molar-refractivity contribution >= 4 is 6.29 Å². The molecular weight excluding hydrogens is 322 g/mol. The highest BCUT2D eigenvalue weighted by Gasteiger charge is 2.42. The van der Waals surface area contributed by atoms with Crippen LogP contribution in [0, 0.1) is 0 Å². The topological polar surface area (TPSA) is 68.2 Å². The molecule has 0 spiro atoms. The number of rotatable bonds is 5. The van der Waals surface area contributed by atoms with E-state index in [0.717, 1.165) is 24.8 Å². The van der Waals surface area contributed by atoms with Crippen LogP contribution in [-0.4, -0.2) is 63.4 Å². The third-order valence-electron chi connectivity index (χ3n) is 5.36. The molecule has 3 rings (SSSR count). The Balaban J connectivity index is 2.21. The van der Waals surface area contributed by atoms with Crippen LogP contribution >= 0.6 is 0 Å². The summed E-state index contributed by atoms with van der Waals surface area (Å²) in [6.45, 7) is 0.945. The smallest absolute Gasteiger partial charge is 0.204 e.